The molecule has 0 unspecified atom stereocenters. The van der Waals surface area contributed by atoms with Gasteiger partial charge in [-0.15, -0.1) is 11.3 Å². The molecule has 1 aromatic heterocycles. The monoisotopic (exact) mass is 367 g/mol. The highest BCUT2D eigenvalue weighted by molar-refractivity contribution is 7.13. The normalized spacial score (nSPS) is 13.0. The standard InChI is InChI=1S/C19H14FN3O2S/c20-15-3-1-2-12(8-15)13-4-5-14-10-23(18(25)16(14)9-13)11-17(24)22-19-21-6-7-26-19/h1-9H,10-11H2,(H,21,22,24). The van der Waals surface area contributed by atoms with Crippen LogP contribution < -0.4 is 5.32 Å². The van der Waals surface area contributed by atoms with Gasteiger partial charge in [0.25, 0.3) is 5.91 Å². The fourth-order valence-electron chi connectivity index (χ4n) is 2.95. The molecule has 0 bridgehead atoms. The van der Waals surface area contributed by atoms with Gasteiger partial charge in [-0.2, -0.15) is 0 Å². The van der Waals surface area contributed by atoms with Crippen molar-refractivity contribution < 1.29 is 14.0 Å². The molecular weight excluding hydrogens is 353 g/mol. The Kier molecular flexibility index (Phi) is 4.22. The van der Waals surface area contributed by atoms with Crippen LogP contribution in [0.25, 0.3) is 11.1 Å². The van der Waals surface area contributed by atoms with E-state index in [-0.39, 0.29) is 24.2 Å². The average Bonchev–Trinajstić information content (AvgIpc) is 3.23. The van der Waals surface area contributed by atoms with Crippen LogP contribution in [0.15, 0.2) is 54.0 Å². The number of amides is 2. The SMILES string of the molecule is O=C(CN1Cc2ccc(-c3cccc(F)c3)cc2C1=O)Nc1nccs1. The number of halogens is 1. The Hall–Kier alpha value is -3.06. The first kappa shape index (κ1) is 16.4. The first-order chi connectivity index (χ1) is 12.6. The van der Waals surface area contributed by atoms with Gasteiger partial charge in [-0.25, -0.2) is 9.37 Å². The Morgan fingerprint density at radius 3 is 2.85 bits per heavy atom. The van der Waals surface area contributed by atoms with Gasteiger partial charge in [0.2, 0.25) is 5.91 Å². The summed E-state index contributed by atoms with van der Waals surface area (Å²) in [5.74, 6) is -0.811. The van der Waals surface area contributed by atoms with Crippen LogP contribution in [0.2, 0.25) is 0 Å². The second-order valence-electron chi connectivity index (χ2n) is 5.93. The van der Waals surface area contributed by atoms with Crippen molar-refractivity contribution in [3.8, 4) is 11.1 Å². The van der Waals surface area contributed by atoms with Gasteiger partial charge in [-0.3, -0.25) is 9.59 Å². The van der Waals surface area contributed by atoms with Crippen LogP contribution in [-0.4, -0.2) is 28.2 Å². The first-order valence-corrected chi connectivity index (χ1v) is 8.85. The molecule has 7 heteroatoms. The average molecular weight is 367 g/mol. The van der Waals surface area contributed by atoms with Gasteiger partial charge in [-0.05, 0) is 34.9 Å². The Balaban J connectivity index is 1.51. The molecule has 130 valence electrons. The van der Waals surface area contributed by atoms with Crippen LogP contribution in [-0.2, 0) is 11.3 Å². The van der Waals surface area contributed by atoms with Crippen molar-refractivity contribution in [2.45, 2.75) is 6.54 Å². The van der Waals surface area contributed by atoms with Crippen molar-refractivity contribution in [1.82, 2.24) is 9.88 Å². The maximum Gasteiger partial charge on any atom is 0.254 e. The molecule has 2 aromatic carbocycles. The van der Waals surface area contributed by atoms with Gasteiger partial charge in [0.05, 0.1) is 0 Å². The van der Waals surface area contributed by atoms with E-state index in [9.17, 15) is 14.0 Å². The minimum atomic E-state index is -0.324. The molecule has 0 aliphatic carbocycles. The van der Waals surface area contributed by atoms with E-state index >= 15 is 0 Å². The molecule has 4 rings (SSSR count). The van der Waals surface area contributed by atoms with Gasteiger partial charge in [0, 0.05) is 23.7 Å². The van der Waals surface area contributed by atoms with E-state index in [1.54, 1.807) is 29.8 Å². The lowest BCUT2D eigenvalue weighted by atomic mass is 10.0. The summed E-state index contributed by atoms with van der Waals surface area (Å²) in [6.45, 7) is 0.339. The van der Waals surface area contributed by atoms with Crippen molar-refractivity contribution in [1.29, 1.82) is 0 Å². The van der Waals surface area contributed by atoms with Crippen LogP contribution in [0, 0.1) is 5.82 Å². The lowest BCUT2D eigenvalue weighted by Gasteiger charge is -2.14. The molecule has 0 spiro atoms. The van der Waals surface area contributed by atoms with E-state index in [2.05, 4.69) is 10.3 Å². The summed E-state index contributed by atoms with van der Waals surface area (Å²) >= 11 is 1.32. The van der Waals surface area contributed by atoms with Gasteiger partial charge in [0.15, 0.2) is 5.13 Å². The van der Waals surface area contributed by atoms with Crippen molar-refractivity contribution in [3.05, 3.63) is 71.0 Å². The molecule has 3 aromatic rings. The third kappa shape index (κ3) is 3.21. The third-order valence-corrected chi connectivity index (χ3v) is 4.85. The van der Waals surface area contributed by atoms with E-state index in [0.29, 0.717) is 22.8 Å². The predicted octanol–water partition coefficient (Wildman–Crippen LogP) is 3.54. The number of carbonyl (C=O) groups excluding carboxylic acids is 2. The maximum atomic E-state index is 13.4. The van der Waals surface area contributed by atoms with Gasteiger partial charge < -0.3 is 10.2 Å². The van der Waals surface area contributed by atoms with Gasteiger partial charge in [-0.1, -0.05) is 24.3 Å². The summed E-state index contributed by atoms with van der Waals surface area (Å²) in [6.07, 6.45) is 1.60. The summed E-state index contributed by atoms with van der Waals surface area (Å²) in [6, 6.07) is 11.7. The van der Waals surface area contributed by atoms with Crippen LogP contribution in [0.5, 0.6) is 0 Å². The van der Waals surface area contributed by atoms with Gasteiger partial charge in [0.1, 0.15) is 12.4 Å². The fraction of sp³-hybridized carbons (Fsp3) is 0.105. The molecule has 0 radical (unpaired) electrons. The molecule has 5 nitrogen and oxygen atoms in total. The summed E-state index contributed by atoms with van der Waals surface area (Å²) in [7, 11) is 0. The number of hydrogen-bond donors (Lipinski definition) is 1. The highest BCUT2D eigenvalue weighted by Crippen LogP contribution is 2.28. The van der Waals surface area contributed by atoms with E-state index < -0.39 is 0 Å². The number of anilines is 1. The highest BCUT2D eigenvalue weighted by Gasteiger charge is 2.29. The number of benzene rings is 2. The quantitative estimate of drug-likeness (QED) is 0.767. The molecule has 26 heavy (non-hydrogen) atoms. The summed E-state index contributed by atoms with van der Waals surface area (Å²) < 4.78 is 13.4. The number of hydrogen-bond acceptors (Lipinski definition) is 4. The number of rotatable bonds is 4. The third-order valence-electron chi connectivity index (χ3n) is 4.16. The van der Waals surface area contributed by atoms with Crippen molar-refractivity contribution in [2.24, 2.45) is 0 Å². The Morgan fingerprint density at radius 2 is 2.08 bits per heavy atom. The first-order valence-electron chi connectivity index (χ1n) is 7.97. The number of thiazole rings is 1. The molecular formula is C19H14FN3O2S. The van der Waals surface area contributed by atoms with Crippen LogP contribution in [0.1, 0.15) is 15.9 Å². The van der Waals surface area contributed by atoms with E-state index in [1.165, 1.54) is 28.4 Å². The second kappa shape index (κ2) is 6.68. The number of fused-ring (bicyclic) bond motifs is 1. The van der Waals surface area contributed by atoms with Gasteiger partial charge >= 0.3 is 0 Å². The molecule has 0 saturated heterocycles. The zero-order valence-electron chi connectivity index (χ0n) is 13.6. The second-order valence-corrected chi connectivity index (χ2v) is 6.82. The number of carbonyl (C=O) groups is 2. The number of nitrogens with one attached hydrogen (secondary N) is 1. The molecule has 0 saturated carbocycles. The zero-order chi connectivity index (χ0) is 18.1. The summed E-state index contributed by atoms with van der Waals surface area (Å²) in [5.41, 5.74) is 2.89. The summed E-state index contributed by atoms with van der Waals surface area (Å²) in [5, 5.41) is 4.94. The van der Waals surface area contributed by atoms with Crippen molar-refractivity contribution in [2.75, 3.05) is 11.9 Å². The van der Waals surface area contributed by atoms with E-state index in [4.69, 9.17) is 0 Å². The molecule has 1 aliphatic rings. The molecule has 0 fully saturated rings. The molecule has 2 heterocycles. The van der Waals surface area contributed by atoms with Crippen LogP contribution in [0.4, 0.5) is 9.52 Å². The highest BCUT2D eigenvalue weighted by atomic mass is 32.1. The predicted molar refractivity (Wildman–Crippen MR) is 97.3 cm³/mol. The molecule has 0 atom stereocenters. The zero-order valence-corrected chi connectivity index (χ0v) is 14.4. The van der Waals surface area contributed by atoms with Crippen LogP contribution >= 0.6 is 11.3 Å². The fourth-order valence-corrected chi connectivity index (χ4v) is 3.50. The minimum absolute atomic E-state index is 0.0393. The smallest absolute Gasteiger partial charge is 0.254 e. The summed E-state index contributed by atoms with van der Waals surface area (Å²) in [4.78, 5) is 30.2. The lowest BCUT2D eigenvalue weighted by Crippen LogP contribution is -2.33. The van der Waals surface area contributed by atoms with Crippen molar-refractivity contribution >= 4 is 28.3 Å². The van der Waals surface area contributed by atoms with Crippen molar-refractivity contribution in [3.63, 3.8) is 0 Å². The largest absolute Gasteiger partial charge is 0.325 e. The Bertz CT molecular complexity index is 988. The molecule has 2 amide bonds. The molecule has 1 aliphatic heterocycles. The van der Waals surface area contributed by atoms with Crippen LogP contribution in [0.3, 0.4) is 0 Å². The van der Waals surface area contributed by atoms with E-state index in [0.717, 1.165) is 11.1 Å². The topological polar surface area (TPSA) is 62.3 Å². The number of nitrogens with zero attached hydrogens (tertiary/aromatic N) is 2. The number of aromatic nitrogens is 1. The Morgan fingerprint density at radius 1 is 1.23 bits per heavy atom. The maximum absolute atomic E-state index is 13.4. The lowest BCUT2D eigenvalue weighted by molar-refractivity contribution is -0.116. The Labute approximate surface area is 153 Å². The molecule has 1 N–H and O–H groups in total. The minimum Gasteiger partial charge on any atom is -0.325 e. The van der Waals surface area contributed by atoms with E-state index in [1.807, 2.05) is 12.1 Å².